The van der Waals surface area contributed by atoms with Gasteiger partial charge >= 0.3 is 0 Å². The Morgan fingerprint density at radius 1 is 1.26 bits per heavy atom. The fourth-order valence-corrected chi connectivity index (χ4v) is 3.49. The molecule has 2 N–H and O–H groups in total. The normalized spacial score (nSPS) is 17.7. The summed E-state index contributed by atoms with van der Waals surface area (Å²) in [6, 6.07) is 5.69. The Morgan fingerprint density at radius 3 is 2.67 bits per heavy atom. The SMILES string of the molecule is CCNC(=NCC(C)N1CCN(C)CC1)NCCCc1ccc(Br)cc1F. The van der Waals surface area contributed by atoms with Gasteiger partial charge in [-0.15, -0.1) is 0 Å². The number of nitrogens with zero attached hydrogens (tertiary/aromatic N) is 3. The summed E-state index contributed by atoms with van der Waals surface area (Å²) in [5.41, 5.74) is 0.755. The maximum atomic E-state index is 13.9. The average molecular weight is 442 g/mol. The molecule has 0 spiro atoms. The highest BCUT2D eigenvalue weighted by molar-refractivity contribution is 9.10. The van der Waals surface area contributed by atoms with Gasteiger partial charge in [0.2, 0.25) is 0 Å². The van der Waals surface area contributed by atoms with Gasteiger partial charge in [0, 0.05) is 49.8 Å². The van der Waals surface area contributed by atoms with Crippen LogP contribution in [0.5, 0.6) is 0 Å². The number of hydrogen-bond acceptors (Lipinski definition) is 3. The highest BCUT2D eigenvalue weighted by Gasteiger charge is 2.18. The fourth-order valence-electron chi connectivity index (χ4n) is 3.15. The van der Waals surface area contributed by atoms with Crippen molar-refractivity contribution in [3.8, 4) is 0 Å². The van der Waals surface area contributed by atoms with E-state index in [1.54, 1.807) is 0 Å². The van der Waals surface area contributed by atoms with Crippen molar-refractivity contribution in [2.45, 2.75) is 32.7 Å². The molecule has 1 unspecified atom stereocenters. The second kappa shape index (κ2) is 11.6. The van der Waals surface area contributed by atoms with E-state index in [1.807, 2.05) is 12.1 Å². The summed E-state index contributed by atoms with van der Waals surface area (Å²) in [6.07, 6.45) is 1.57. The van der Waals surface area contributed by atoms with Crippen molar-refractivity contribution in [1.29, 1.82) is 0 Å². The number of piperazine rings is 1. The summed E-state index contributed by atoms with van der Waals surface area (Å²) in [6.45, 7) is 11.2. The lowest BCUT2D eigenvalue weighted by Crippen LogP contribution is -2.49. The third-order valence-corrected chi connectivity index (χ3v) is 5.44. The zero-order valence-electron chi connectivity index (χ0n) is 16.8. The number of aliphatic imine (C=N–C) groups is 1. The predicted molar refractivity (Wildman–Crippen MR) is 115 cm³/mol. The molecule has 0 aromatic heterocycles. The molecule has 1 heterocycles. The number of guanidine groups is 1. The van der Waals surface area contributed by atoms with Crippen LogP contribution in [0.1, 0.15) is 25.8 Å². The Kier molecular flexibility index (Phi) is 9.51. The first-order chi connectivity index (χ1) is 13.0. The maximum absolute atomic E-state index is 13.9. The monoisotopic (exact) mass is 441 g/mol. The summed E-state index contributed by atoms with van der Waals surface area (Å²) in [4.78, 5) is 9.61. The van der Waals surface area contributed by atoms with Crippen LogP contribution in [0.2, 0.25) is 0 Å². The van der Waals surface area contributed by atoms with Gasteiger partial charge in [0.1, 0.15) is 5.82 Å². The molecule has 1 atom stereocenters. The molecule has 0 radical (unpaired) electrons. The highest BCUT2D eigenvalue weighted by atomic mass is 79.9. The van der Waals surface area contributed by atoms with E-state index >= 15 is 0 Å². The third-order valence-electron chi connectivity index (χ3n) is 4.95. The van der Waals surface area contributed by atoms with Crippen molar-refractivity contribution in [3.63, 3.8) is 0 Å². The molecule has 1 fully saturated rings. The molecule has 1 aromatic rings. The lowest BCUT2D eigenvalue weighted by atomic mass is 10.1. The van der Waals surface area contributed by atoms with Gasteiger partial charge in [0.25, 0.3) is 0 Å². The summed E-state index contributed by atoms with van der Waals surface area (Å²) in [5.74, 6) is 0.695. The van der Waals surface area contributed by atoms with Gasteiger partial charge in [-0.25, -0.2) is 4.39 Å². The summed E-state index contributed by atoms with van der Waals surface area (Å²) >= 11 is 3.29. The molecule has 0 aliphatic carbocycles. The quantitative estimate of drug-likeness (QED) is 0.369. The first-order valence-corrected chi connectivity index (χ1v) is 10.7. The number of hydrogen-bond donors (Lipinski definition) is 2. The number of rotatable bonds is 8. The van der Waals surface area contributed by atoms with Crippen LogP contribution in [-0.4, -0.2) is 74.7 Å². The minimum absolute atomic E-state index is 0.147. The zero-order chi connectivity index (χ0) is 19.6. The Hall–Kier alpha value is -1.18. The first-order valence-electron chi connectivity index (χ1n) is 9.88. The predicted octanol–water partition coefficient (Wildman–Crippen LogP) is 2.71. The molecule has 152 valence electrons. The Morgan fingerprint density at radius 2 is 2.00 bits per heavy atom. The molecule has 1 aliphatic rings. The van der Waals surface area contributed by atoms with Crippen LogP contribution in [0.15, 0.2) is 27.7 Å². The second-order valence-corrected chi connectivity index (χ2v) is 8.09. The van der Waals surface area contributed by atoms with E-state index in [-0.39, 0.29) is 5.82 Å². The fraction of sp³-hybridized carbons (Fsp3) is 0.650. The van der Waals surface area contributed by atoms with E-state index in [4.69, 9.17) is 4.99 Å². The van der Waals surface area contributed by atoms with Crippen LogP contribution in [0.3, 0.4) is 0 Å². The molecular weight excluding hydrogens is 409 g/mol. The van der Waals surface area contributed by atoms with Gasteiger partial charge < -0.3 is 15.5 Å². The minimum atomic E-state index is -0.147. The average Bonchev–Trinajstić information content (AvgIpc) is 2.64. The van der Waals surface area contributed by atoms with Crippen molar-refractivity contribution >= 4 is 21.9 Å². The topological polar surface area (TPSA) is 42.9 Å². The standard InChI is InChI=1S/C20H33BrFN5/c1-4-23-20(25-15-16(2)27-12-10-26(3)11-13-27)24-9-5-6-17-7-8-18(21)14-19(17)22/h7-8,14,16H,4-6,9-13,15H2,1-3H3,(H2,23,24,25). The van der Waals surface area contributed by atoms with Gasteiger partial charge in [-0.05, 0) is 51.4 Å². The second-order valence-electron chi connectivity index (χ2n) is 7.17. The van der Waals surface area contributed by atoms with Crippen LogP contribution in [-0.2, 0) is 6.42 Å². The molecule has 1 aliphatic heterocycles. The maximum Gasteiger partial charge on any atom is 0.191 e. The first kappa shape index (κ1) is 22.1. The van der Waals surface area contributed by atoms with E-state index < -0.39 is 0 Å². The van der Waals surface area contributed by atoms with Crippen LogP contribution in [0.4, 0.5) is 4.39 Å². The van der Waals surface area contributed by atoms with Crippen molar-refractivity contribution in [1.82, 2.24) is 20.4 Å². The van der Waals surface area contributed by atoms with Crippen molar-refractivity contribution in [2.24, 2.45) is 4.99 Å². The molecular formula is C20H33BrFN5. The van der Waals surface area contributed by atoms with E-state index in [0.29, 0.717) is 12.5 Å². The minimum Gasteiger partial charge on any atom is -0.357 e. The van der Waals surface area contributed by atoms with Gasteiger partial charge in [0.15, 0.2) is 5.96 Å². The van der Waals surface area contributed by atoms with Crippen molar-refractivity contribution in [2.75, 3.05) is 52.9 Å². The Balaban J connectivity index is 1.75. The summed E-state index contributed by atoms with van der Waals surface area (Å²) < 4.78 is 14.6. The highest BCUT2D eigenvalue weighted by Crippen LogP contribution is 2.16. The molecule has 1 aromatic carbocycles. The van der Waals surface area contributed by atoms with Crippen molar-refractivity contribution in [3.05, 3.63) is 34.1 Å². The lowest BCUT2D eigenvalue weighted by molar-refractivity contribution is 0.122. The molecule has 0 amide bonds. The van der Waals surface area contributed by atoms with Gasteiger partial charge in [-0.2, -0.15) is 0 Å². The van der Waals surface area contributed by atoms with Gasteiger partial charge in [-0.1, -0.05) is 22.0 Å². The van der Waals surface area contributed by atoms with Gasteiger partial charge in [0.05, 0.1) is 6.54 Å². The van der Waals surface area contributed by atoms with E-state index in [1.165, 1.54) is 6.07 Å². The molecule has 5 nitrogen and oxygen atoms in total. The van der Waals surface area contributed by atoms with E-state index in [0.717, 1.165) is 68.2 Å². The third kappa shape index (κ3) is 7.76. The Labute approximate surface area is 171 Å². The number of benzene rings is 1. The molecule has 2 rings (SSSR count). The van der Waals surface area contributed by atoms with Crippen molar-refractivity contribution < 1.29 is 4.39 Å². The molecule has 0 bridgehead atoms. The van der Waals surface area contributed by atoms with Crippen LogP contribution in [0.25, 0.3) is 0 Å². The smallest absolute Gasteiger partial charge is 0.191 e. The summed E-state index contributed by atoms with van der Waals surface area (Å²) in [5, 5.41) is 6.66. The zero-order valence-corrected chi connectivity index (χ0v) is 18.4. The molecule has 1 saturated heterocycles. The molecule has 27 heavy (non-hydrogen) atoms. The van der Waals surface area contributed by atoms with E-state index in [9.17, 15) is 4.39 Å². The number of halogens is 2. The summed E-state index contributed by atoms with van der Waals surface area (Å²) in [7, 11) is 2.17. The number of aryl methyl sites for hydroxylation is 1. The largest absolute Gasteiger partial charge is 0.357 e. The van der Waals surface area contributed by atoms with Crippen LogP contribution < -0.4 is 10.6 Å². The molecule has 0 saturated carbocycles. The molecule has 7 heteroatoms. The Bertz CT molecular complexity index is 602. The van der Waals surface area contributed by atoms with Gasteiger partial charge in [-0.3, -0.25) is 9.89 Å². The van der Waals surface area contributed by atoms with Crippen LogP contribution >= 0.6 is 15.9 Å². The van der Waals surface area contributed by atoms with Crippen LogP contribution in [0, 0.1) is 5.82 Å². The van der Waals surface area contributed by atoms with E-state index in [2.05, 4.69) is 57.3 Å². The number of likely N-dealkylation sites (N-methyl/N-ethyl adjacent to an activating group) is 1. The lowest BCUT2D eigenvalue weighted by Gasteiger charge is -2.35. The number of nitrogens with one attached hydrogen (secondary N) is 2.